The molecule has 0 saturated carbocycles. The normalized spacial score (nSPS) is 11.4. The van der Waals surface area contributed by atoms with Gasteiger partial charge in [-0.3, -0.25) is 0 Å². The number of anilines is 1. The van der Waals surface area contributed by atoms with E-state index in [0.717, 1.165) is 5.69 Å². The van der Waals surface area contributed by atoms with Gasteiger partial charge in [0.1, 0.15) is 6.33 Å². The lowest BCUT2D eigenvalue weighted by molar-refractivity contribution is 0.413. The first-order valence-electron chi connectivity index (χ1n) is 5.12. The second-order valence-electron chi connectivity index (χ2n) is 4.29. The van der Waals surface area contributed by atoms with Crippen LogP contribution in [0.1, 0.15) is 27.7 Å². The van der Waals surface area contributed by atoms with Crippen molar-refractivity contribution < 1.29 is 0 Å². The maximum atomic E-state index is 3.98. The van der Waals surface area contributed by atoms with Crippen LogP contribution in [0.15, 0.2) is 18.7 Å². The minimum absolute atomic E-state index is 0.473. The predicted octanol–water partition coefficient (Wildman–Crippen LogP) is 2.57. The monoisotopic (exact) mass is 193 g/mol. The molecule has 1 aromatic rings. The molecule has 1 heterocycles. The van der Waals surface area contributed by atoms with Gasteiger partial charge in [-0.2, -0.15) is 0 Å². The minimum Gasteiger partial charge on any atom is -0.379 e. The number of hydrogen-bond acceptors (Lipinski definition) is 3. The molecule has 0 atom stereocenters. The van der Waals surface area contributed by atoms with Gasteiger partial charge in [0.2, 0.25) is 0 Å². The predicted molar refractivity (Wildman–Crippen MR) is 59.1 cm³/mol. The van der Waals surface area contributed by atoms with Crippen molar-refractivity contribution in [3.63, 3.8) is 0 Å². The van der Waals surface area contributed by atoms with E-state index in [0.29, 0.717) is 17.9 Å². The van der Waals surface area contributed by atoms with Crippen LogP contribution in [0.25, 0.3) is 0 Å². The van der Waals surface area contributed by atoms with Gasteiger partial charge in [-0.25, -0.2) is 9.97 Å². The molecular weight excluding hydrogens is 174 g/mol. The lowest BCUT2D eigenvalue weighted by atomic mass is 9.93. The molecule has 0 bridgehead atoms. The van der Waals surface area contributed by atoms with Crippen LogP contribution in [0, 0.1) is 11.8 Å². The van der Waals surface area contributed by atoms with E-state index in [1.54, 1.807) is 6.33 Å². The maximum Gasteiger partial charge on any atom is 0.115 e. The second-order valence-corrected chi connectivity index (χ2v) is 4.29. The summed E-state index contributed by atoms with van der Waals surface area (Å²) in [6.45, 7) is 8.89. The van der Waals surface area contributed by atoms with Gasteiger partial charge in [0.25, 0.3) is 0 Å². The largest absolute Gasteiger partial charge is 0.379 e. The van der Waals surface area contributed by atoms with Gasteiger partial charge >= 0.3 is 0 Å². The lowest BCUT2D eigenvalue weighted by Gasteiger charge is -2.26. The van der Waals surface area contributed by atoms with E-state index < -0.39 is 0 Å². The van der Waals surface area contributed by atoms with E-state index in [-0.39, 0.29) is 0 Å². The fourth-order valence-corrected chi connectivity index (χ4v) is 1.67. The van der Waals surface area contributed by atoms with Gasteiger partial charge in [0.15, 0.2) is 0 Å². The summed E-state index contributed by atoms with van der Waals surface area (Å²) in [4.78, 5) is 7.97. The SMILES string of the molecule is CC(C)C(Nc1cncnc1)C(C)C. The van der Waals surface area contributed by atoms with Crippen molar-refractivity contribution >= 4 is 5.69 Å². The Morgan fingerprint density at radius 3 is 1.93 bits per heavy atom. The quantitative estimate of drug-likeness (QED) is 0.798. The number of nitrogens with zero attached hydrogens (tertiary/aromatic N) is 2. The summed E-state index contributed by atoms with van der Waals surface area (Å²) in [7, 11) is 0. The highest BCUT2D eigenvalue weighted by Gasteiger charge is 2.16. The van der Waals surface area contributed by atoms with Gasteiger partial charge in [0, 0.05) is 6.04 Å². The third-order valence-corrected chi connectivity index (χ3v) is 2.33. The fourth-order valence-electron chi connectivity index (χ4n) is 1.67. The molecule has 3 nitrogen and oxygen atoms in total. The third-order valence-electron chi connectivity index (χ3n) is 2.33. The lowest BCUT2D eigenvalue weighted by Crippen LogP contribution is -2.31. The van der Waals surface area contributed by atoms with Gasteiger partial charge in [0.05, 0.1) is 18.1 Å². The Balaban J connectivity index is 2.65. The molecule has 14 heavy (non-hydrogen) atoms. The maximum absolute atomic E-state index is 3.98. The van der Waals surface area contributed by atoms with E-state index in [1.165, 1.54) is 0 Å². The molecule has 1 N–H and O–H groups in total. The van der Waals surface area contributed by atoms with Crippen LogP contribution in [0.2, 0.25) is 0 Å². The third kappa shape index (κ3) is 2.98. The van der Waals surface area contributed by atoms with E-state index >= 15 is 0 Å². The summed E-state index contributed by atoms with van der Waals surface area (Å²) in [6.07, 6.45) is 5.17. The van der Waals surface area contributed by atoms with Crippen LogP contribution < -0.4 is 5.32 Å². The first-order valence-corrected chi connectivity index (χ1v) is 5.12. The van der Waals surface area contributed by atoms with Crippen molar-refractivity contribution in [2.24, 2.45) is 11.8 Å². The molecule has 1 rings (SSSR count). The number of rotatable bonds is 4. The Kier molecular flexibility index (Phi) is 3.86. The van der Waals surface area contributed by atoms with Crippen molar-refractivity contribution in [2.45, 2.75) is 33.7 Å². The summed E-state index contributed by atoms with van der Waals surface area (Å²) in [5, 5.41) is 3.45. The topological polar surface area (TPSA) is 37.8 Å². The standard InChI is InChI=1S/C11H19N3/c1-8(2)11(9(3)4)14-10-5-12-7-13-6-10/h5-9,11,14H,1-4H3. The molecule has 1 aromatic heterocycles. The van der Waals surface area contributed by atoms with Crippen LogP contribution in [0.5, 0.6) is 0 Å². The number of nitrogens with one attached hydrogen (secondary N) is 1. The van der Waals surface area contributed by atoms with E-state index in [2.05, 4.69) is 43.0 Å². The zero-order valence-electron chi connectivity index (χ0n) is 9.36. The Labute approximate surface area is 86.0 Å². The molecular formula is C11H19N3. The van der Waals surface area contributed by atoms with Crippen molar-refractivity contribution in [2.75, 3.05) is 5.32 Å². The first-order chi connectivity index (χ1) is 6.61. The van der Waals surface area contributed by atoms with Gasteiger partial charge in [-0.1, -0.05) is 27.7 Å². The molecule has 0 aliphatic rings. The molecule has 0 aliphatic heterocycles. The Morgan fingerprint density at radius 1 is 1.00 bits per heavy atom. The van der Waals surface area contributed by atoms with Crippen molar-refractivity contribution in [3.8, 4) is 0 Å². The highest BCUT2D eigenvalue weighted by atomic mass is 15.0. The Hall–Kier alpha value is -1.12. The highest BCUT2D eigenvalue weighted by Crippen LogP contribution is 2.17. The minimum atomic E-state index is 0.473. The molecule has 0 saturated heterocycles. The Morgan fingerprint density at radius 2 is 1.50 bits per heavy atom. The average molecular weight is 193 g/mol. The van der Waals surface area contributed by atoms with E-state index in [4.69, 9.17) is 0 Å². The summed E-state index contributed by atoms with van der Waals surface area (Å²) >= 11 is 0. The molecule has 0 fully saturated rings. The second kappa shape index (κ2) is 4.94. The molecule has 3 heteroatoms. The molecule has 0 aromatic carbocycles. The summed E-state index contributed by atoms with van der Waals surface area (Å²) < 4.78 is 0. The first kappa shape index (κ1) is 11.0. The molecule has 78 valence electrons. The zero-order valence-corrected chi connectivity index (χ0v) is 9.36. The van der Waals surface area contributed by atoms with Crippen LogP contribution in [-0.2, 0) is 0 Å². The van der Waals surface area contributed by atoms with Gasteiger partial charge < -0.3 is 5.32 Å². The van der Waals surface area contributed by atoms with E-state index in [1.807, 2.05) is 12.4 Å². The molecule has 0 amide bonds. The number of hydrogen-bond donors (Lipinski definition) is 1. The summed E-state index contributed by atoms with van der Waals surface area (Å²) in [5.41, 5.74) is 1.000. The Bertz CT molecular complexity index is 248. The molecule has 0 radical (unpaired) electrons. The van der Waals surface area contributed by atoms with Gasteiger partial charge in [-0.05, 0) is 11.8 Å². The van der Waals surface area contributed by atoms with Crippen molar-refractivity contribution in [3.05, 3.63) is 18.7 Å². The number of aromatic nitrogens is 2. The van der Waals surface area contributed by atoms with Crippen molar-refractivity contribution in [1.82, 2.24) is 9.97 Å². The smallest absolute Gasteiger partial charge is 0.115 e. The van der Waals surface area contributed by atoms with Gasteiger partial charge in [-0.15, -0.1) is 0 Å². The van der Waals surface area contributed by atoms with Crippen molar-refractivity contribution in [1.29, 1.82) is 0 Å². The summed E-state index contributed by atoms with van der Waals surface area (Å²) in [6, 6.07) is 0.473. The molecule has 0 aliphatic carbocycles. The highest BCUT2D eigenvalue weighted by molar-refractivity contribution is 5.38. The van der Waals surface area contributed by atoms with E-state index in [9.17, 15) is 0 Å². The fraction of sp³-hybridized carbons (Fsp3) is 0.636. The molecule has 0 unspecified atom stereocenters. The van der Waals surface area contributed by atoms with Crippen LogP contribution in [0.3, 0.4) is 0 Å². The van der Waals surface area contributed by atoms with Crippen LogP contribution in [0.4, 0.5) is 5.69 Å². The van der Waals surface area contributed by atoms with Crippen LogP contribution in [-0.4, -0.2) is 16.0 Å². The molecule has 0 spiro atoms. The van der Waals surface area contributed by atoms with Crippen LogP contribution >= 0.6 is 0 Å². The zero-order chi connectivity index (χ0) is 10.6. The summed E-state index contributed by atoms with van der Waals surface area (Å²) in [5.74, 6) is 1.21. The average Bonchev–Trinajstić information content (AvgIpc) is 2.15.